The zero-order chi connectivity index (χ0) is 17.3. The van der Waals surface area contributed by atoms with Crippen molar-refractivity contribution in [2.45, 2.75) is 38.6 Å². The Kier molecular flexibility index (Phi) is 4.62. The Morgan fingerprint density at radius 3 is 2.75 bits per heavy atom. The molecule has 2 unspecified atom stereocenters. The second-order valence-corrected chi connectivity index (χ2v) is 7.81. The van der Waals surface area contributed by atoms with Crippen LogP contribution in [0.1, 0.15) is 42.3 Å². The van der Waals surface area contributed by atoms with Crippen molar-refractivity contribution in [1.29, 1.82) is 0 Å². The highest BCUT2D eigenvalue weighted by Crippen LogP contribution is 2.32. The number of piperidine rings is 1. The minimum Gasteiger partial charge on any atom is -0.481 e. The molecule has 0 aromatic carbocycles. The van der Waals surface area contributed by atoms with Crippen LogP contribution in [0, 0.1) is 5.41 Å². The zero-order valence-corrected chi connectivity index (χ0v) is 14.6. The lowest BCUT2D eigenvalue weighted by molar-refractivity contribution is -0.154. The molecule has 1 aromatic heterocycles. The van der Waals surface area contributed by atoms with Gasteiger partial charge in [-0.15, -0.1) is 11.3 Å². The Hall–Kier alpha value is -1.89. The van der Waals surface area contributed by atoms with Gasteiger partial charge in [0.2, 0.25) is 5.91 Å². The quantitative estimate of drug-likeness (QED) is 0.905. The maximum Gasteiger partial charge on any atom is 0.311 e. The van der Waals surface area contributed by atoms with E-state index in [-0.39, 0.29) is 18.4 Å². The number of hydrogen-bond acceptors (Lipinski definition) is 4. The van der Waals surface area contributed by atoms with E-state index in [9.17, 15) is 19.5 Å². The second-order valence-electron chi connectivity index (χ2n) is 6.86. The van der Waals surface area contributed by atoms with Crippen LogP contribution in [0.4, 0.5) is 0 Å². The van der Waals surface area contributed by atoms with Gasteiger partial charge in [-0.05, 0) is 44.1 Å². The summed E-state index contributed by atoms with van der Waals surface area (Å²) in [5, 5.41) is 11.3. The van der Waals surface area contributed by atoms with Gasteiger partial charge in [-0.2, -0.15) is 0 Å². The second kappa shape index (κ2) is 6.55. The third kappa shape index (κ3) is 3.05. The summed E-state index contributed by atoms with van der Waals surface area (Å²) < 4.78 is 0. The predicted molar refractivity (Wildman–Crippen MR) is 89.9 cm³/mol. The zero-order valence-electron chi connectivity index (χ0n) is 13.7. The third-order valence-electron chi connectivity index (χ3n) is 5.06. The van der Waals surface area contributed by atoms with Crippen molar-refractivity contribution in [1.82, 2.24) is 9.80 Å². The van der Waals surface area contributed by atoms with Gasteiger partial charge in [0.15, 0.2) is 0 Å². The monoisotopic (exact) mass is 350 g/mol. The standard InChI is InChI=1S/C17H22N2O4S/c1-17(16(22)23)7-4-8-18(11-17)14(20)12-5-2-9-19(12)15(21)13-6-3-10-24-13/h3,6,10,12H,2,4-5,7-9,11H2,1H3,(H,22,23). The number of rotatable bonds is 3. The highest BCUT2D eigenvalue weighted by atomic mass is 32.1. The average Bonchev–Trinajstić information content (AvgIpc) is 3.25. The molecule has 2 fully saturated rings. The Morgan fingerprint density at radius 2 is 2.08 bits per heavy atom. The maximum atomic E-state index is 12.9. The molecule has 0 radical (unpaired) electrons. The smallest absolute Gasteiger partial charge is 0.311 e. The first-order valence-electron chi connectivity index (χ1n) is 8.29. The molecule has 0 spiro atoms. The highest BCUT2D eigenvalue weighted by molar-refractivity contribution is 7.12. The van der Waals surface area contributed by atoms with Crippen molar-refractivity contribution in [3.8, 4) is 0 Å². The van der Waals surface area contributed by atoms with Crippen LogP contribution >= 0.6 is 11.3 Å². The van der Waals surface area contributed by atoms with Crippen LogP contribution in [0.2, 0.25) is 0 Å². The van der Waals surface area contributed by atoms with E-state index in [4.69, 9.17) is 0 Å². The molecule has 2 amide bonds. The van der Waals surface area contributed by atoms with Crippen molar-refractivity contribution < 1.29 is 19.5 Å². The number of thiophene rings is 1. The molecule has 1 N–H and O–H groups in total. The number of carbonyl (C=O) groups excluding carboxylic acids is 2. The molecule has 1 aromatic rings. The Labute approximate surface area is 145 Å². The van der Waals surface area contributed by atoms with Crippen LogP contribution in [0.25, 0.3) is 0 Å². The van der Waals surface area contributed by atoms with Gasteiger partial charge >= 0.3 is 5.97 Å². The SMILES string of the molecule is CC1(C(=O)O)CCCN(C(=O)C2CCCN2C(=O)c2cccs2)C1. The summed E-state index contributed by atoms with van der Waals surface area (Å²) in [6.45, 7) is 3.06. The van der Waals surface area contributed by atoms with Gasteiger partial charge in [0.1, 0.15) is 6.04 Å². The molecule has 2 aliphatic heterocycles. The van der Waals surface area contributed by atoms with E-state index in [0.29, 0.717) is 37.2 Å². The largest absolute Gasteiger partial charge is 0.481 e. The Balaban J connectivity index is 1.74. The predicted octanol–water partition coefficient (Wildman–Crippen LogP) is 2.07. The van der Waals surface area contributed by atoms with Crippen LogP contribution in [-0.2, 0) is 9.59 Å². The number of aliphatic carboxylic acids is 1. The van der Waals surface area contributed by atoms with Gasteiger partial charge in [-0.3, -0.25) is 14.4 Å². The third-order valence-corrected chi connectivity index (χ3v) is 5.91. The van der Waals surface area contributed by atoms with Crippen LogP contribution < -0.4 is 0 Å². The molecular weight excluding hydrogens is 328 g/mol. The summed E-state index contributed by atoms with van der Waals surface area (Å²) in [6.07, 6.45) is 2.71. The fourth-order valence-electron chi connectivity index (χ4n) is 3.62. The minimum atomic E-state index is -0.894. The molecule has 3 rings (SSSR count). The van der Waals surface area contributed by atoms with Crippen LogP contribution in [0.15, 0.2) is 17.5 Å². The number of hydrogen-bond donors (Lipinski definition) is 1. The van der Waals surface area contributed by atoms with Crippen molar-refractivity contribution in [2.75, 3.05) is 19.6 Å². The van der Waals surface area contributed by atoms with E-state index in [1.54, 1.807) is 22.8 Å². The lowest BCUT2D eigenvalue weighted by Gasteiger charge is -2.39. The van der Waals surface area contributed by atoms with E-state index in [1.165, 1.54) is 11.3 Å². The van der Waals surface area contributed by atoms with Crippen molar-refractivity contribution in [2.24, 2.45) is 5.41 Å². The summed E-state index contributed by atoms with van der Waals surface area (Å²) >= 11 is 1.38. The average molecular weight is 350 g/mol. The number of nitrogens with zero attached hydrogens (tertiary/aromatic N) is 2. The fraction of sp³-hybridized carbons (Fsp3) is 0.588. The molecule has 2 saturated heterocycles. The molecule has 3 heterocycles. The van der Waals surface area contributed by atoms with E-state index in [2.05, 4.69) is 0 Å². The topological polar surface area (TPSA) is 77.9 Å². The molecule has 0 saturated carbocycles. The summed E-state index contributed by atoms with van der Waals surface area (Å²) in [5.74, 6) is -1.07. The molecule has 2 aliphatic rings. The van der Waals surface area contributed by atoms with Crippen LogP contribution in [-0.4, -0.2) is 58.4 Å². The molecule has 0 bridgehead atoms. The number of carbonyl (C=O) groups is 3. The summed E-state index contributed by atoms with van der Waals surface area (Å²) in [7, 11) is 0. The molecule has 7 heteroatoms. The van der Waals surface area contributed by atoms with E-state index < -0.39 is 17.4 Å². The van der Waals surface area contributed by atoms with Crippen LogP contribution in [0.3, 0.4) is 0 Å². The summed E-state index contributed by atoms with van der Waals surface area (Å²) in [6, 6.07) is 3.14. The number of likely N-dealkylation sites (tertiary alicyclic amines) is 2. The number of carboxylic acids is 1. The summed E-state index contributed by atoms with van der Waals surface area (Å²) in [5.41, 5.74) is -0.894. The normalized spacial score (nSPS) is 27.3. The fourth-order valence-corrected chi connectivity index (χ4v) is 4.30. The highest BCUT2D eigenvalue weighted by Gasteiger charge is 2.43. The molecule has 6 nitrogen and oxygen atoms in total. The van der Waals surface area contributed by atoms with Gasteiger partial charge in [0.25, 0.3) is 5.91 Å². The lowest BCUT2D eigenvalue weighted by atomic mass is 9.82. The van der Waals surface area contributed by atoms with Gasteiger partial charge in [0, 0.05) is 19.6 Å². The molecule has 0 aliphatic carbocycles. The van der Waals surface area contributed by atoms with Gasteiger partial charge in [0.05, 0.1) is 10.3 Å². The van der Waals surface area contributed by atoms with Crippen molar-refractivity contribution in [3.05, 3.63) is 22.4 Å². The van der Waals surface area contributed by atoms with Gasteiger partial charge in [-0.1, -0.05) is 6.07 Å². The Morgan fingerprint density at radius 1 is 1.29 bits per heavy atom. The molecule has 2 atom stereocenters. The summed E-state index contributed by atoms with van der Waals surface area (Å²) in [4.78, 5) is 41.0. The Bertz CT molecular complexity index is 645. The first-order valence-corrected chi connectivity index (χ1v) is 9.17. The van der Waals surface area contributed by atoms with Gasteiger partial charge < -0.3 is 14.9 Å². The number of amides is 2. The first kappa shape index (κ1) is 17.0. The first-order chi connectivity index (χ1) is 11.4. The lowest BCUT2D eigenvalue weighted by Crippen LogP contribution is -2.54. The van der Waals surface area contributed by atoms with Crippen molar-refractivity contribution in [3.63, 3.8) is 0 Å². The van der Waals surface area contributed by atoms with Gasteiger partial charge in [-0.25, -0.2) is 0 Å². The maximum absolute atomic E-state index is 12.9. The van der Waals surface area contributed by atoms with Crippen molar-refractivity contribution >= 4 is 29.1 Å². The molecule has 130 valence electrons. The van der Waals surface area contributed by atoms with E-state index in [0.717, 1.165) is 6.42 Å². The van der Waals surface area contributed by atoms with E-state index >= 15 is 0 Å². The molecular formula is C17H22N2O4S. The molecule has 24 heavy (non-hydrogen) atoms. The van der Waals surface area contributed by atoms with E-state index in [1.807, 2.05) is 11.4 Å². The minimum absolute atomic E-state index is 0.0983. The van der Waals surface area contributed by atoms with Crippen LogP contribution in [0.5, 0.6) is 0 Å². The number of carboxylic acid groups (broad SMARTS) is 1.